The van der Waals surface area contributed by atoms with Crippen molar-refractivity contribution in [1.82, 2.24) is 9.38 Å². The van der Waals surface area contributed by atoms with Crippen molar-refractivity contribution in [3.8, 4) is 17.2 Å². The first-order valence-corrected chi connectivity index (χ1v) is 10.5. The van der Waals surface area contributed by atoms with Crippen LogP contribution in [0.25, 0.3) is 5.65 Å². The van der Waals surface area contributed by atoms with Crippen LogP contribution >= 0.6 is 0 Å². The average molecular weight is 460 g/mol. The van der Waals surface area contributed by atoms with Gasteiger partial charge in [0.15, 0.2) is 11.5 Å². The molecule has 0 bridgehead atoms. The van der Waals surface area contributed by atoms with E-state index in [1.807, 2.05) is 19.1 Å². The van der Waals surface area contributed by atoms with Gasteiger partial charge in [0, 0.05) is 29.7 Å². The topological polar surface area (TPSA) is 103 Å². The van der Waals surface area contributed by atoms with Crippen molar-refractivity contribution in [1.29, 1.82) is 0 Å². The zero-order valence-corrected chi connectivity index (χ0v) is 19.0. The van der Waals surface area contributed by atoms with Gasteiger partial charge in [0.05, 0.1) is 19.9 Å². The molecule has 0 saturated heterocycles. The summed E-state index contributed by atoms with van der Waals surface area (Å²) in [7, 11) is 3.07. The molecule has 34 heavy (non-hydrogen) atoms. The van der Waals surface area contributed by atoms with Crippen LogP contribution in [0.2, 0.25) is 0 Å². The van der Waals surface area contributed by atoms with E-state index < -0.39 is 6.03 Å². The molecule has 9 nitrogen and oxygen atoms in total. The highest BCUT2D eigenvalue weighted by molar-refractivity contribution is 5.99. The summed E-state index contributed by atoms with van der Waals surface area (Å²) >= 11 is 0. The number of benzene rings is 2. The van der Waals surface area contributed by atoms with Gasteiger partial charge < -0.3 is 24.8 Å². The van der Waals surface area contributed by atoms with Crippen molar-refractivity contribution in [2.75, 3.05) is 24.9 Å². The van der Waals surface area contributed by atoms with Crippen molar-refractivity contribution in [3.63, 3.8) is 0 Å². The molecule has 0 atom stereocenters. The van der Waals surface area contributed by atoms with Crippen molar-refractivity contribution in [2.45, 2.75) is 13.5 Å². The second kappa shape index (κ2) is 9.95. The molecule has 2 aromatic heterocycles. The van der Waals surface area contributed by atoms with Crippen molar-refractivity contribution in [3.05, 3.63) is 88.5 Å². The lowest BCUT2D eigenvalue weighted by atomic mass is 10.2. The number of nitrogens with one attached hydrogen (secondary N) is 2. The number of rotatable bonds is 7. The third-order valence-electron chi connectivity index (χ3n) is 5.02. The number of hydrogen-bond donors (Lipinski definition) is 2. The number of hydrogen-bond acceptors (Lipinski definition) is 6. The molecule has 4 aromatic rings. The molecule has 0 fully saturated rings. The first-order chi connectivity index (χ1) is 16.4. The molecule has 2 amide bonds. The summed E-state index contributed by atoms with van der Waals surface area (Å²) in [5, 5.41) is 5.50. The van der Waals surface area contributed by atoms with Gasteiger partial charge in [-0.2, -0.15) is 0 Å². The molecule has 0 aliphatic carbocycles. The van der Waals surface area contributed by atoms with Gasteiger partial charge in [-0.15, -0.1) is 0 Å². The van der Waals surface area contributed by atoms with E-state index in [0.717, 1.165) is 5.56 Å². The Bertz CT molecular complexity index is 1380. The largest absolute Gasteiger partial charge is 0.493 e. The van der Waals surface area contributed by atoms with E-state index in [2.05, 4.69) is 15.6 Å². The lowest BCUT2D eigenvalue weighted by molar-refractivity contribution is 0.262. The monoisotopic (exact) mass is 460 g/mol. The lowest BCUT2D eigenvalue weighted by Gasteiger charge is -2.12. The minimum atomic E-state index is -0.406. The van der Waals surface area contributed by atoms with Crippen molar-refractivity contribution >= 4 is 23.1 Å². The van der Waals surface area contributed by atoms with E-state index in [4.69, 9.17) is 14.2 Å². The number of urea groups is 1. The van der Waals surface area contributed by atoms with Crippen LogP contribution in [0.4, 0.5) is 16.2 Å². The number of pyridine rings is 1. The summed E-state index contributed by atoms with van der Waals surface area (Å²) in [5.74, 6) is 1.67. The molecule has 0 aliphatic heterocycles. The van der Waals surface area contributed by atoms with E-state index in [-0.39, 0.29) is 12.2 Å². The normalized spacial score (nSPS) is 10.6. The van der Waals surface area contributed by atoms with Crippen molar-refractivity contribution in [2.24, 2.45) is 0 Å². The number of amides is 2. The molecule has 9 heteroatoms. The van der Waals surface area contributed by atoms with Gasteiger partial charge in [-0.05, 0) is 61.0 Å². The van der Waals surface area contributed by atoms with Gasteiger partial charge in [-0.3, -0.25) is 9.20 Å². The van der Waals surface area contributed by atoms with Gasteiger partial charge in [0.25, 0.3) is 5.56 Å². The Morgan fingerprint density at radius 3 is 2.35 bits per heavy atom. The lowest BCUT2D eigenvalue weighted by Crippen LogP contribution is -2.19. The van der Waals surface area contributed by atoms with Crippen LogP contribution in [0.15, 0.2) is 71.7 Å². The van der Waals surface area contributed by atoms with E-state index in [0.29, 0.717) is 40.0 Å². The fourth-order valence-electron chi connectivity index (χ4n) is 3.33. The maximum atomic E-state index is 12.3. The Balaban J connectivity index is 1.35. The number of aromatic nitrogens is 2. The molecule has 0 radical (unpaired) electrons. The van der Waals surface area contributed by atoms with Crippen LogP contribution in [-0.2, 0) is 6.61 Å². The summed E-state index contributed by atoms with van der Waals surface area (Å²) < 4.78 is 17.7. The third-order valence-corrected chi connectivity index (χ3v) is 5.02. The quantitative estimate of drug-likeness (QED) is 0.428. The molecular weight excluding hydrogens is 436 g/mol. The zero-order valence-electron chi connectivity index (χ0n) is 19.0. The fourth-order valence-corrected chi connectivity index (χ4v) is 3.33. The summed E-state index contributed by atoms with van der Waals surface area (Å²) in [4.78, 5) is 29.1. The highest BCUT2D eigenvalue weighted by Crippen LogP contribution is 2.29. The Kier molecular flexibility index (Phi) is 6.63. The summed E-state index contributed by atoms with van der Waals surface area (Å²) in [6, 6.07) is 16.7. The minimum absolute atomic E-state index is 0.145. The Hall–Kier alpha value is -4.53. The highest BCUT2D eigenvalue weighted by Gasteiger charge is 2.08. The number of carbonyl (C=O) groups excluding carboxylic acids is 1. The van der Waals surface area contributed by atoms with Gasteiger partial charge in [-0.1, -0.05) is 0 Å². The second-order valence-electron chi connectivity index (χ2n) is 7.48. The smallest absolute Gasteiger partial charge is 0.323 e. The average Bonchev–Trinajstić information content (AvgIpc) is 2.83. The van der Waals surface area contributed by atoms with Gasteiger partial charge >= 0.3 is 6.03 Å². The summed E-state index contributed by atoms with van der Waals surface area (Å²) in [5.41, 5.74) is 3.11. The Labute approximate surface area is 195 Å². The number of ether oxygens (including phenoxy) is 3. The molecule has 0 unspecified atom stereocenters. The number of fused-ring (bicyclic) bond motifs is 1. The van der Waals surface area contributed by atoms with E-state index in [1.54, 1.807) is 55.8 Å². The molecule has 0 spiro atoms. The SMILES string of the molecule is COc1ccc(NC(=O)Nc2ccc(OCc3cc(=O)n4ccc(C)cc4n3)cc2)cc1OC. The Morgan fingerprint density at radius 2 is 1.62 bits per heavy atom. The number of methoxy groups -OCH3 is 2. The number of nitrogens with zero attached hydrogens (tertiary/aromatic N) is 2. The number of carbonyl (C=O) groups is 1. The molecule has 2 N–H and O–H groups in total. The van der Waals surface area contributed by atoms with Crippen LogP contribution in [0.5, 0.6) is 17.2 Å². The molecule has 0 aliphatic rings. The number of aryl methyl sites for hydroxylation is 1. The van der Waals surface area contributed by atoms with Gasteiger partial charge in [-0.25, -0.2) is 9.78 Å². The predicted molar refractivity (Wildman–Crippen MR) is 129 cm³/mol. The molecule has 4 rings (SSSR count). The Morgan fingerprint density at radius 1 is 0.912 bits per heavy atom. The molecular formula is C25H24N4O5. The minimum Gasteiger partial charge on any atom is -0.493 e. The van der Waals surface area contributed by atoms with Crippen LogP contribution in [-0.4, -0.2) is 29.6 Å². The van der Waals surface area contributed by atoms with Crippen LogP contribution < -0.4 is 30.4 Å². The van der Waals surface area contributed by atoms with Gasteiger partial charge in [0.2, 0.25) is 0 Å². The summed E-state index contributed by atoms with van der Waals surface area (Å²) in [6.07, 6.45) is 1.71. The maximum absolute atomic E-state index is 12.3. The predicted octanol–water partition coefficient (Wildman–Crippen LogP) is 4.24. The standard InChI is InChI=1S/C25H24N4O5/c1-16-10-11-29-23(12-16)26-19(14-24(29)30)15-34-20-7-4-17(5-8-20)27-25(31)28-18-6-9-21(32-2)22(13-18)33-3/h4-14H,15H2,1-3H3,(H2,27,28,31). The van der Waals surface area contributed by atoms with E-state index >= 15 is 0 Å². The molecule has 2 heterocycles. The van der Waals surface area contributed by atoms with Gasteiger partial charge in [0.1, 0.15) is 18.0 Å². The van der Waals surface area contributed by atoms with Crippen LogP contribution in [0.3, 0.4) is 0 Å². The molecule has 2 aromatic carbocycles. The first-order valence-electron chi connectivity index (χ1n) is 10.5. The van der Waals surface area contributed by atoms with E-state index in [9.17, 15) is 9.59 Å². The maximum Gasteiger partial charge on any atom is 0.323 e. The molecule has 174 valence electrons. The molecule has 0 saturated carbocycles. The van der Waals surface area contributed by atoms with Crippen LogP contribution in [0.1, 0.15) is 11.3 Å². The number of anilines is 2. The highest BCUT2D eigenvalue weighted by atomic mass is 16.5. The first kappa shape index (κ1) is 22.7. The zero-order chi connectivity index (χ0) is 24.1. The summed E-state index contributed by atoms with van der Waals surface area (Å²) in [6.45, 7) is 2.09. The van der Waals surface area contributed by atoms with E-state index in [1.165, 1.54) is 17.6 Å². The van der Waals surface area contributed by atoms with Crippen molar-refractivity contribution < 1.29 is 19.0 Å². The third kappa shape index (κ3) is 5.26. The fraction of sp³-hybridized carbons (Fsp3) is 0.160. The van der Waals surface area contributed by atoms with Crippen LogP contribution in [0, 0.1) is 6.92 Å². The second-order valence-corrected chi connectivity index (χ2v) is 7.48.